The predicted octanol–water partition coefficient (Wildman–Crippen LogP) is 0.852. The second-order valence-electron chi connectivity index (χ2n) is 3.47. The molecule has 1 rings (SSSR count). The summed E-state index contributed by atoms with van der Waals surface area (Å²) < 4.78 is 75.5. The second-order valence-corrected chi connectivity index (χ2v) is 5.17. The summed E-state index contributed by atoms with van der Waals surface area (Å²) in [7, 11) is -4.62. The zero-order valence-electron chi connectivity index (χ0n) is 9.83. The van der Waals surface area contributed by atoms with E-state index in [0.29, 0.717) is 12.1 Å². The molecule has 1 aromatic carbocycles. The van der Waals surface area contributed by atoms with Gasteiger partial charge in [-0.15, -0.1) is 0 Å². The maximum Gasteiger partial charge on any atom is 0.251 e. The van der Waals surface area contributed by atoms with Crippen LogP contribution in [-0.2, 0) is 10.0 Å². The number of nitrogens with one attached hydrogen (secondary N) is 1. The van der Waals surface area contributed by atoms with Crippen molar-refractivity contribution in [2.24, 2.45) is 0 Å². The number of hydrogen-bond donors (Lipinski definition) is 2. The monoisotopic (exact) mass is 311 g/mol. The molecule has 0 bridgehead atoms. The largest absolute Gasteiger partial charge is 0.384 e. The lowest BCUT2D eigenvalue weighted by molar-refractivity contribution is 0.153. The molecule has 0 radical (unpaired) electrons. The van der Waals surface area contributed by atoms with Gasteiger partial charge in [0.1, 0.15) is 23.1 Å². The molecule has 0 aliphatic carbocycles. The van der Waals surface area contributed by atoms with Crippen LogP contribution in [0.4, 0.5) is 17.6 Å². The van der Waals surface area contributed by atoms with Crippen LogP contribution in [0.2, 0.25) is 0 Å². The highest BCUT2D eigenvalue weighted by atomic mass is 32.2. The number of aliphatic hydroxyl groups excluding tert-OH is 1. The van der Waals surface area contributed by atoms with Crippen molar-refractivity contribution < 1.29 is 31.1 Å². The van der Waals surface area contributed by atoms with Crippen molar-refractivity contribution in [3.8, 4) is 11.8 Å². The average molecular weight is 311 g/mol. The third kappa shape index (κ3) is 4.19. The van der Waals surface area contributed by atoms with Crippen LogP contribution in [0.1, 0.15) is 5.56 Å². The van der Waals surface area contributed by atoms with Crippen LogP contribution >= 0.6 is 0 Å². The molecule has 0 amide bonds. The van der Waals surface area contributed by atoms with Gasteiger partial charge in [-0.05, 0) is 6.07 Å². The van der Waals surface area contributed by atoms with Gasteiger partial charge in [-0.25, -0.2) is 30.7 Å². The number of alkyl halides is 2. The summed E-state index contributed by atoms with van der Waals surface area (Å²) >= 11 is 0. The van der Waals surface area contributed by atoms with Crippen LogP contribution in [0.3, 0.4) is 0 Å². The zero-order valence-corrected chi connectivity index (χ0v) is 10.6. The van der Waals surface area contributed by atoms with Gasteiger partial charge in [-0.1, -0.05) is 11.8 Å². The van der Waals surface area contributed by atoms with Gasteiger partial charge in [-0.2, -0.15) is 0 Å². The molecular formula is C11H9F4NO3S. The summed E-state index contributed by atoms with van der Waals surface area (Å²) in [5.74, 6) is 1.53. The quantitative estimate of drug-likeness (QED) is 0.640. The summed E-state index contributed by atoms with van der Waals surface area (Å²) in [6.07, 6.45) is -2.97. The highest BCUT2D eigenvalue weighted by Crippen LogP contribution is 2.20. The Morgan fingerprint density at radius 3 is 2.50 bits per heavy atom. The summed E-state index contributed by atoms with van der Waals surface area (Å²) in [4.78, 5) is -1.04. The van der Waals surface area contributed by atoms with Gasteiger partial charge < -0.3 is 5.11 Å². The molecule has 0 aliphatic rings. The Morgan fingerprint density at radius 1 is 1.30 bits per heavy atom. The molecule has 4 nitrogen and oxygen atoms in total. The Bertz CT molecular complexity index is 650. The van der Waals surface area contributed by atoms with Gasteiger partial charge in [0.2, 0.25) is 10.0 Å². The van der Waals surface area contributed by atoms with E-state index >= 15 is 0 Å². The number of sulfonamides is 1. The van der Waals surface area contributed by atoms with Crippen LogP contribution in [-0.4, -0.2) is 33.1 Å². The fraction of sp³-hybridized carbons (Fsp3) is 0.273. The zero-order chi connectivity index (χ0) is 15.3. The smallest absolute Gasteiger partial charge is 0.251 e. The number of hydrogen-bond acceptors (Lipinski definition) is 3. The van der Waals surface area contributed by atoms with Crippen LogP contribution in [0.5, 0.6) is 0 Å². The Hall–Kier alpha value is -1.63. The topological polar surface area (TPSA) is 66.4 Å². The first-order valence-corrected chi connectivity index (χ1v) is 6.63. The predicted molar refractivity (Wildman–Crippen MR) is 61.5 cm³/mol. The van der Waals surface area contributed by atoms with Crippen molar-refractivity contribution in [2.45, 2.75) is 11.3 Å². The summed E-state index contributed by atoms with van der Waals surface area (Å²) in [5, 5.41) is 8.51. The van der Waals surface area contributed by atoms with Gasteiger partial charge in [0, 0.05) is 6.07 Å². The van der Waals surface area contributed by atoms with Gasteiger partial charge in [-0.3, -0.25) is 0 Å². The van der Waals surface area contributed by atoms with Gasteiger partial charge in [0.05, 0.1) is 12.1 Å². The Balaban J connectivity index is 3.35. The van der Waals surface area contributed by atoms with E-state index in [1.807, 2.05) is 5.92 Å². The van der Waals surface area contributed by atoms with E-state index in [4.69, 9.17) is 5.11 Å². The minimum absolute atomic E-state index is 0.293. The highest BCUT2D eigenvalue weighted by Gasteiger charge is 2.24. The van der Waals surface area contributed by atoms with E-state index in [2.05, 4.69) is 5.92 Å². The van der Waals surface area contributed by atoms with E-state index in [-0.39, 0.29) is 0 Å². The minimum Gasteiger partial charge on any atom is -0.384 e. The summed E-state index contributed by atoms with van der Waals surface area (Å²) in [5.41, 5.74) is -0.571. The van der Waals surface area contributed by atoms with Crippen molar-refractivity contribution in [3.63, 3.8) is 0 Å². The number of halogens is 4. The number of benzene rings is 1. The lowest BCUT2D eigenvalue weighted by Gasteiger charge is -2.09. The lowest BCUT2D eigenvalue weighted by atomic mass is 10.2. The maximum atomic E-state index is 13.6. The van der Waals surface area contributed by atoms with Crippen molar-refractivity contribution >= 4 is 10.0 Å². The van der Waals surface area contributed by atoms with Gasteiger partial charge in [0.25, 0.3) is 6.43 Å². The Kier molecular flexibility index (Phi) is 5.50. The molecular weight excluding hydrogens is 302 g/mol. The Labute approximate surface area is 112 Å². The first-order chi connectivity index (χ1) is 9.27. The third-order valence-electron chi connectivity index (χ3n) is 2.01. The average Bonchev–Trinajstić information content (AvgIpc) is 2.32. The second kappa shape index (κ2) is 6.69. The number of aliphatic hydroxyl groups is 1. The molecule has 2 N–H and O–H groups in total. The minimum atomic E-state index is -4.62. The summed E-state index contributed by atoms with van der Waals surface area (Å²) in [6, 6.07) is 0.920. The van der Waals surface area contributed by atoms with E-state index in [9.17, 15) is 26.0 Å². The molecule has 0 aliphatic heterocycles. The molecule has 0 saturated carbocycles. The standard InChI is InChI=1S/C11H9F4NO3S/c12-8-4-7(2-1-3-17)11(9(13)5-8)20(18,19)16-6-10(14)15/h4-5,10,16-17H,3,6H2. The van der Waals surface area contributed by atoms with E-state index in [1.165, 1.54) is 4.72 Å². The fourth-order valence-corrected chi connectivity index (χ4v) is 2.51. The molecule has 0 heterocycles. The third-order valence-corrected chi connectivity index (χ3v) is 3.51. The molecule has 0 aromatic heterocycles. The maximum absolute atomic E-state index is 13.6. The molecule has 0 atom stereocenters. The van der Waals surface area contributed by atoms with Gasteiger partial charge >= 0.3 is 0 Å². The molecule has 0 unspecified atom stereocenters. The van der Waals surface area contributed by atoms with E-state index in [0.717, 1.165) is 0 Å². The van der Waals surface area contributed by atoms with E-state index < -0.39 is 51.7 Å². The normalized spacial score (nSPS) is 11.3. The highest BCUT2D eigenvalue weighted by molar-refractivity contribution is 7.89. The van der Waals surface area contributed by atoms with Gasteiger partial charge in [0.15, 0.2) is 0 Å². The lowest BCUT2D eigenvalue weighted by Crippen LogP contribution is -2.30. The first-order valence-electron chi connectivity index (χ1n) is 5.14. The van der Waals surface area contributed by atoms with Crippen molar-refractivity contribution in [2.75, 3.05) is 13.2 Å². The van der Waals surface area contributed by atoms with Crippen molar-refractivity contribution in [1.82, 2.24) is 4.72 Å². The molecule has 0 spiro atoms. The molecule has 110 valence electrons. The van der Waals surface area contributed by atoms with E-state index in [1.54, 1.807) is 0 Å². The van der Waals surface area contributed by atoms with Crippen molar-refractivity contribution in [3.05, 3.63) is 29.3 Å². The van der Waals surface area contributed by atoms with Crippen LogP contribution in [0.15, 0.2) is 17.0 Å². The molecule has 0 saturated heterocycles. The van der Waals surface area contributed by atoms with Crippen molar-refractivity contribution in [1.29, 1.82) is 0 Å². The van der Waals surface area contributed by atoms with Crippen LogP contribution < -0.4 is 4.72 Å². The molecule has 1 aromatic rings. The number of rotatable bonds is 4. The molecule has 0 fully saturated rings. The fourth-order valence-electron chi connectivity index (χ4n) is 1.31. The molecule has 9 heteroatoms. The molecule has 20 heavy (non-hydrogen) atoms. The Morgan fingerprint density at radius 2 is 1.95 bits per heavy atom. The first kappa shape index (κ1) is 16.4. The SMILES string of the molecule is O=S(=O)(NCC(F)F)c1c(F)cc(F)cc1C#CCO. The van der Waals surface area contributed by atoms with Crippen LogP contribution in [0, 0.1) is 23.5 Å². The van der Waals surface area contributed by atoms with Crippen LogP contribution in [0.25, 0.3) is 0 Å². The summed E-state index contributed by atoms with van der Waals surface area (Å²) in [6.45, 7) is -1.88.